The smallest absolute Gasteiger partial charge is 0.306 e. The van der Waals surface area contributed by atoms with Crippen molar-refractivity contribution in [3.63, 3.8) is 0 Å². The second-order valence-corrected chi connectivity index (χ2v) is 11.3. The van der Waals surface area contributed by atoms with Crippen molar-refractivity contribution >= 4 is 26.9 Å². The number of aryl methyl sites for hydroxylation is 1. The fourth-order valence-electron chi connectivity index (χ4n) is 4.60. The van der Waals surface area contributed by atoms with Crippen LogP contribution in [0.5, 0.6) is 5.75 Å². The van der Waals surface area contributed by atoms with Crippen LogP contribution in [0.25, 0.3) is 10.9 Å². The van der Waals surface area contributed by atoms with Crippen LogP contribution in [0.15, 0.2) is 47.4 Å². The predicted molar refractivity (Wildman–Crippen MR) is 134 cm³/mol. The molecular weight excluding hydrogens is 485 g/mol. The third-order valence-electron chi connectivity index (χ3n) is 6.30. The number of esters is 1. The van der Waals surface area contributed by atoms with Crippen molar-refractivity contribution in [1.82, 2.24) is 14.1 Å². The molecule has 2 heterocycles. The molecule has 0 amide bonds. The molecule has 0 bridgehead atoms. The van der Waals surface area contributed by atoms with Crippen LogP contribution in [0.2, 0.25) is 0 Å². The average molecular weight is 518 g/mol. The number of hydrogen-bond acceptors (Lipinski definition) is 6. The summed E-state index contributed by atoms with van der Waals surface area (Å²) in [5.74, 6) is -0.178. The lowest BCUT2D eigenvalue weighted by Crippen LogP contribution is -2.29. The zero-order valence-electron chi connectivity index (χ0n) is 21.0. The van der Waals surface area contributed by atoms with Crippen molar-refractivity contribution < 1.29 is 27.1 Å². The van der Waals surface area contributed by atoms with Gasteiger partial charge >= 0.3 is 5.97 Å². The lowest BCUT2D eigenvalue weighted by Gasteiger charge is -2.18. The summed E-state index contributed by atoms with van der Waals surface area (Å²) in [6.07, 6.45) is 0.500. The Morgan fingerprint density at radius 3 is 2.56 bits per heavy atom. The number of benzene rings is 2. The highest BCUT2D eigenvalue weighted by Gasteiger charge is 2.39. The van der Waals surface area contributed by atoms with E-state index >= 15 is 0 Å². The predicted octanol–water partition coefficient (Wildman–Crippen LogP) is 4.34. The van der Waals surface area contributed by atoms with Crippen LogP contribution in [0.3, 0.4) is 0 Å². The molecule has 36 heavy (non-hydrogen) atoms. The van der Waals surface area contributed by atoms with Gasteiger partial charge in [-0.25, -0.2) is 12.8 Å². The Morgan fingerprint density at radius 1 is 1.17 bits per heavy atom. The fraction of sp³-hybridized carbons (Fsp3) is 0.462. The van der Waals surface area contributed by atoms with Gasteiger partial charge in [0, 0.05) is 24.9 Å². The first kappa shape index (κ1) is 26.1. The van der Waals surface area contributed by atoms with E-state index in [9.17, 15) is 17.6 Å². The topological polar surface area (TPSA) is 90.7 Å². The molecule has 4 rings (SSSR count). The van der Waals surface area contributed by atoms with E-state index in [0.717, 1.165) is 5.39 Å². The van der Waals surface area contributed by atoms with Gasteiger partial charge in [-0.3, -0.25) is 9.48 Å². The van der Waals surface area contributed by atoms with Gasteiger partial charge in [-0.1, -0.05) is 6.92 Å². The Kier molecular flexibility index (Phi) is 7.65. The van der Waals surface area contributed by atoms with Crippen molar-refractivity contribution in [1.29, 1.82) is 0 Å². The molecule has 2 atom stereocenters. The van der Waals surface area contributed by atoms with Crippen LogP contribution < -0.4 is 4.74 Å². The van der Waals surface area contributed by atoms with Crippen molar-refractivity contribution in [3.05, 3.63) is 54.0 Å². The Balaban J connectivity index is 1.60. The van der Waals surface area contributed by atoms with Crippen molar-refractivity contribution in [3.8, 4) is 5.75 Å². The lowest BCUT2D eigenvalue weighted by molar-refractivity contribution is -0.143. The monoisotopic (exact) mass is 517 g/mol. The minimum absolute atomic E-state index is 0.0106. The van der Waals surface area contributed by atoms with Gasteiger partial charge in [-0.05, 0) is 69.2 Å². The number of rotatable bonds is 9. The van der Waals surface area contributed by atoms with E-state index in [0.29, 0.717) is 36.5 Å². The summed E-state index contributed by atoms with van der Waals surface area (Å²) in [7, 11) is -3.74. The zero-order chi connectivity index (χ0) is 26.0. The van der Waals surface area contributed by atoms with Gasteiger partial charge in [0.05, 0.1) is 41.3 Å². The molecule has 0 aliphatic carbocycles. The second-order valence-electron chi connectivity index (χ2n) is 9.36. The highest BCUT2D eigenvalue weighted by atomic mass is 32.2. The van der Waals surface area contributed by atoms with Gasteiger partial charge in [-0.15, -0.1) is 0 Å². The van der Waals surface area contributed by atoms with Gasteiger partial charge in [-0.2, -0.15) is 9.40 Å². The lowest BCUT2D eigenvalue weighted by atomic mass is 10.1. The Morgan fingerprint density at radius 2 is 1.89 bits per heavy atom. The van der Waals surface area contributed by atoms with E-state index < -0.39 is 15.8 Å². The zero-order valence-corrected chi connectivity index (χ0v) is 21.8. The first-order chi connectivity index (χ1) is 17.1. The van der Waals surface area contributed by atoms with Crippen LogP contribution >= 0.6 is 0 Å². The van der Waals surface area contributed by atoms with Crippen LogP contribution in [-0.2, 0) is 26.0 Å². The average Bonchev–Trinajstić information content (AvgIpc) is 3.38. The van der Waals surface area contributed by atoms with E-state index in [-0.39, 0.29) is 41.9 Å². The molecule has 0 unspecified atom stereocenters. The number of carbonyl (C=O) groups excluding carboxylic acids is 1. The van der Waals surface area contributed by atoms with Crippen molar-refractivity contribution in [2.24, 2.45) is 5.92 Å². The first-order valence-corrected chi connectivity index (χ1v) is 13.6. The molecule has 2 aromatic carbocycles. The first-order valence-electron chi connectivity index (χ1n) is 12.2. The highest BCUT2D eigenvalue weighted by Crippen LogP contribution is 2.35. The second kappa shape index (κ2) is 10.6. The number of halogens is 1. The molecule has 10 heteroatoms. The molecule has 8 nitrogen and oxygen atoms in total. The molecule has 0 saturated carbocycles. The maximum Gasteiger partial charge on any atom is 0.306 e. The van der Waals surface area contributed by atoms with Crippen LogP contribution in [-0.4, -0.2) is 54.3 Å². The number of sulfonamides is 1. The molecule has 3 aromatic rings. The van der Waals surface area contributed by atoms with Gasteiger partial charge < -0.3 is 9.47 Å². The molecule has 0 N–H and O–H groups in total. The molecule has 0 radical (unpaired) electrons. The van der Waals surface area contributed by atoms with Crippen LogP contribution in [0.1, 0.15) is 45.9 Å². The van der Waals surface area contributed by atoms with Gasteiger partial charge in [0.15, 0.2) is 0 Å². The molecule has 194 valence electrons. The summed E-state index contributed by atoms with van der Waals surface area (Å²) in [5.41, 5.74) is 1.24. The summed E-state index contributed by atoms with van der Waals surface area (Å²) in [5, 5.41) is 5.47. The number of fused-ring (bicyclic) bond motifs is 1. The van der Waals surface area contributed by atoms with Crippen molar-refractivity contribution in [2.45, 2.75) is 57.6 Å². The molecule has 1 fully saturated rings. The molecule has 0 spiro atoms. The molecular formula is C26H32FN3O5S. The van der Waals surface area contributed by atoms with E-state index in [1.54, 1.807) is 41.9 Å². The van der Waals surface area contributed by atoms with Crippen molar-refractivity contribution in [2.75, 3.05) is 19.7 Å². The number of hydrogen-bond donors (Lipinski definition) is 0. The van der Waals surface area contributed by atoms with E-state index in [1.165, 1.54) is 16.4 Å². The summed E-state index contributed by atoms with van der Waals surface area (Å²) in [6, 6.07) is 10.6. The van der Waals surface area contributed by atoms with Gasteiger partial charge in [0.1, 0.15) is 11.6 Å². The number of nitrogens with zero attached hydrogens (tertiary/aromatic N) is 3. The SMILES string of the molecule is CCOC(=O)CCc1nn([C@H]2CN(S(=O)(=O)c3ccc(OC(C)C)cc3)C[C@H]2C)c2cc(F)ccc12. The number of ether oxygens (including phenoxy) is 2. The van der Waals surface area contributed by atoms with Gasteiger partial charge in [0.2, 0.25) is 10.0 Å². The molecule has 1 aliphatic rings. The Hall–Kier alpha value is -2.98. The standard InChI is InChI=1S/C26H32FN3O5S/c1-5-34-26(31)13-12-23-22-11-6-19(27)14-24(22)30(28-23)25-16-29(15-18(25)4)36(32,33)21-9-7-20(8-10-21)35-17(2)3/h6-11,14,17-18,25H,5,12-13,15-16H2,1-4H3/t18-,25+/m1/s1. The van der Waals surface area contributed by atoms with E-state index in [2.05, 4.69) is 0 Å². The maximum atomic E-state index is 14.2. The number of carbonyl (C=O) groups is 1. The molecule has 1 aliphatic heterocycles. The highest BCUT2D eigenvalue weighted by molar-refractivity contribution is 7.89. The van der Waals surface area contributed by atoms with Crippen LogP contribution in [0.4, 0.5) is 4.39 Å². The van der Waals surface area contributed by atoms with Crippen LogP contribution in [0, 0.1) is 11.7 Å². The molecule has 1 aromatic heterocycles. The van der Waals surface area contributed by atoms with E-state index in [1.807, 2.05) is 20.8 Å². The summed E-state index contributed by atoms with van der Waals surface area (Å²) >= 11 is 0. The third kappa shape index (κ3) is 5.39. The summed E-state index contributed by atoms with van der Waals surface area (Å²) in [4.78, 5) is 12.1. The maximum absolute atomic E-state index is 14.2. The Labute approximate surface area is 211 Å². The minimum atomic E-state index is -3.74. The Bertz CT molecular complexity index is 1340. The van der Waals surface area contributed by atoms with Gasteiger partial charge in [0.25, 0.3) is 0 Å². The molecule has 1 saturated heterocycles. The quantitative estimate of drug-likeness (QED) is 0.392. The number of aromatic nitrogens is 2. The normalized spacial score (nSPS) is 18.7. The summed E-state index contributed by atoms with van der Waals surface area (Å²) in [6.45, 7) is 8.35. The largest absolute Gasteiger partial charge is 0.491 e. The minimum Gasteiger partial charge on any atom is -0.491 e. The third-order valence-corrected chi connectivity index (χ3v) is 8.15. The fourth-order valence-corrected chi connectivity index (χ4v) is 6.16. The summed E-state index contributed by atoms with van der Waals surface area (Å²) < 4.78 is 54.8. The van der Waals surface area contributed by atoms with E-state index in [4.69, 9.17) is 14.6 Å².